The number of piperidine rings is 1. The molecule has 2 fully saturated rings. The van der Waals surface area contributed by atoms with Gasteiger partial charge in [-0.1, -0.05) is 11.6 Å². The van der Waals surface area contributed by atoms with Gasteiger partial charge in [0.25, 0.3) is 0 Å². The third-order valence-corrected chi connectivity index (χ3v) is 5.50. The summed E-state index contributed by atoms with van der Waals surface area (Å²) in [4.78, 5) is 20.3. The highest BCUT2D eigenvalue weighted by Crippen LogP contribution is 2.34. The molecule has 3 heterocycles. The summed E-state index contributed by atoms with van der Waals surface area (Å²) in [6.07, 6.45) is -1.41. The van der Waals surface area contributed by atoms with E-state index in [-0.39, 0.29) is 22.9 Å². The average molecular weight is 391 g/mol. The van der Waals surface area contributed by atoms with Crippen molar-refractivity contribution < 1.29 is 18.0 Å². The minimum Gasteiger partial charge on any atom is -0.355 e. The Kier molecular flexibility index (Phi) is 5.62. The van der Waals surface area contributed by atoms with E-state index in [1.807, 2.05) is 16.8 Å². The van der Waals surface area contributed by atoms with Gasteiger partial charge in [0.05, 0.1) is 10.6 Å². The number of anilines is 1. The molecule has 0 aromatic carbocycles. The van der Waals surface area contributed by atoms with Crippen molar-refractivity contribution in [3.8, 4) is 0 Å². The van der Waals surface area contributed by atoms with E-state index >= 15 is 0 Å². The molecule has 26 heavy (non-hydrogen) atoms. The molecule has 1 atom stereocenters. The van der Waals surface area contributed by atoms with Crippen molar-refractivity contribution in [2.45, 2.75) is 31.5 Å². The summed E-state index contributed by atoms with van der Waals surface area (Å²) in [5.74, 6) is 0.425. The number of aromatic nitrogens is 1. The van der Waals surface area contributed by atoms with Crippen LogP contribution in [0.25, 0.3) is 0 Å². The first-order valence-electron chi connectivity index (χ1n) is 8.72. The van der Waals surface area contributed by atoms with Gasteiger partial charge < -0.3 is 15.1 Å². The maximum absolute atomic E-state index is 12.7. The Labute approximate surface area is 155 Å². The lowest BCUT2D eigenvalue weighted by molar-refractivity contribution is -0.138. The predicted octanol–water partition coefficient (Wildman–Crippen LogP) is 2.79. The second-order valence-corrected chi connectivity index (χ2v) is 7.29. The molecule has 1 aromatic rings. The zero-order valence-electron chi connectivity index (χ0n) is 14.5. The van der Waals surface area contributed by atoms with Gasteiger partial charge in [0.15, 0.2) is 0 Å². The highest BCUT2D eigenvalue weighted by atomic mass is 35.5. The van der Waals surface area contributed by atoms with E-state index in [1.165, 1.54) is 0 Å². The highest BCUT2D eigenvalue weighted by molar-refractivity contribution is 6.33. The van der Waals surface area contributed by atoms with Crippen LogP contribution in [-0.2, 0) is 11.0 Å². The van der Waals surface area contributed by atoms with Gasteiger partial charge in [0.2, 0.25) is 5.91 Å². The number of amides is 1. The maximum Gasteiger partial charge on any atom is 0.417 e. The molecular weight excluding hydrogens is 369 g/mol. The van der Waals surface area contributed by atoms with E-state index < -0.39 is 11.7 Å². The van der Waals surface area contributed by atoms with Crippen LogP contribution < -0.4 is 10.2 Å². The third-order valence-electron chi connectivity index (χ3n) is 5.22. The Morgan fingerprint density at radius 1 is 1.35 bits per heavy atom. The van der Waals surface area contributed by atoms with Crippen LogP contribution in [0.4, 0.5) is 19.0 Å². The van der Waals surface area contributed by atoms with Crippen LogP contribution in [0.2, 0.25) is 5.02 Å². The van der Waals surface area contributed by atoms with E-state index in [4.69, 9.17) is 11.6 Å². The lowest BCUT2D eigenvalue weighted by Crippen LogP contribution is -2.45. The predicted molar refractivity (Wildman–Crippen MR) is 93.2 cm³/mol. The van der Waals surface area contributed by atoms with Crippen LogP contribution in [0.1, 0.15) is 24.8 Å². The zero-order valence-corrected chi connectivity index (χ0v) is 15.3. The first-order valence-corrected chi connectivity index (χ1v) is 9.10. The average Bonchev–Trinajstić information content (AvgIpc) is 3.14. The van der Waals surface area contributed by atoms with Crippen molar-refractivity contribution in [1.82, 2.24) is 15.2 Å². The molecule has 1 aromatic heterocycles. The molecule has 0 saturated carbocycles. The molecule has 2 saturated heterocycles. The number of rotatable bonds is 3. The quantitative estimate of drug-likeness (QED) is 0.862. The number of hydrogen-bond donors (Lipinski definition) is 1. The van der Waals surface area contributed by atoms with E-state index in [0.29, 0.717) is 31.7 Å². The molecule has 0 aliphatic carbocycles. The fourth-order valence-electron chi connectivity index (χ4n) is 3.59. The number of carbonyl (C=O) groups is 1. The number of nitrogens with one attached hydrogen (secondary N) is 1. The Bertz CT molecular complexity index is 656. The third kappa shape index (κ3) is 4.06. The number of hydrogen-bond acceptors (Lipinski definition) is 4. The molecule has 2 aliphatic rings. The molecule has 1 amide bonds. The minimum absolute atomic E-state index is 0.0150. The van der Waals surface area contributed by atoms with E-state index in [9.17, 15) is 18.0 Å². The van der Waals surface area contributed by atoms with Crippen LogP contribution in [0.15, 0.2) is 12.3 Å². The summed E-state index contributed by atoms with van der Waals surface area (Å²) < 4.78 is 38.2. The van der Waals surface area contributed by atoms with Crippen LogP contribution in [0.5, 0.6) is 0 Å². The summed E-state index contributed by atoms with van der Waals surface area (Å²) in [5, 5.41) is 3.24. The zero-order chi connectivity index (χ0) is 18.9. The van der Waals surface area contributed by atoms with Crippen molar-refractivity contribution in [3.63, 3.8) is 0 Å². The van der Waals surface area contributed by atoms with E-state index in [0.717, 1.165) is 31.8 Å². The molecule has 0 bridgehead atoms. The molecular formula is C17H22ClF3N4O. The Morgan fingerprint density at radius 3 is 2.58 bits per heavy atom. The van der Waals surface area contributed by atoms with Gasteiger partial charge in [-0.05, 0) is 31.9 Å². The minimum atomic E-state index is -4.46. The first-order chi connectivity index (χ1) is 12.3. The Balaban J connectivity index is 1.60. The number of pyridine rings is 1. The monoisotopic (exact) mass is 390 g/mol. The van der Waals surface area contributed by atoms with Crippen LogP contribution in [-0.4, -0.2) is 55.1 Å². The Morgan fingerprint density at radius 2 is 2.04 bits per heavy atom. The molecule has 0 radical (unpaired) electrons. The summed E-state index contributed by atoms with van der Waals surface area (Å²) >= 11 is 6.02. The standard InChI is InChI=1S/C17H22ClF3N4O/c1-24(13-2-5-22-10-13)16(26)11-3-6-25(7-4-11)15-14(18)8-12(9-23-15)17(19,20)21/h8-9,11,13,22H,2-7,10H2,1H3. The molecule has 1 unspecified atom stereocenters. The van der Waals surface area contributed by atoms with Gasteiger partial charge in [-0.15, -0.1) is 0 Å². The molecule has 144 valence electrons. The summed E-state index contributed by atoms with van der Waals surface area (Å²) in [6.45, 7) is 2.85. The smallest absolute Gasteiger partial charge is 0.355 e. The second-order valence-electron chi connectivity index (χ2n) is 6.88. The fourth-order valence-corrected chi connectivity index (χ4v) is 3.88. The van der Waals surface area contributed by atoms with Crippen LogP contribution in [0, 0.1) is 5.92 Å². The van der Waals surface area contributed by atoms with Gasteiger partial charge in [-0.25, -0.2) is 4.98 Å². The number of carbonyl (C=O) groups excluding carboxylic acids is 1. The fraction of sp³-hybridized carbons (Fsp3) is 0.647. The van der Waals surface area contributed by atoms with Gasteiger partial charge in [0.1, 0.15) is 5.82 Å². The van der Waals surface area contributed by atoms with Crippen LogP contribution >= 0.6 is 11.6 Å². The van der Waals surface area contributed by atoms with E-state index in [1.54, 1.807) is 0 Å². The molecule has 3 rings (SSSR count). The normalized spacial score (nSPS) is 21.9. The second kappa shape index (κ2) is 7.60. The number of likely N-dealkylation sites (N-methyl/N-ethyl adjacent to an activating group) is 1. The topological polar surface area (TPSA) is 48.5 Å². The Hall–Kier alpha value is -1.54. The van der Waals surface area contributed by atoms with Crippen LogP contribution in [0.3, 0.4) is 0 Å². The number of alkyl halides is 3. The highest BCUT2D eigenvalue weighted by Gasteiger charge is 2.34. The van der Waals surface area contributed by atoms with Crippen molar-refractivity contribution >= 4 is 23.3 Å². The van der Waals surface area contributed by atoms with Gasteiger partial charge in [-0.3, -0.25) is 4.79 Å². The van der Waals surface area contributed by atoms with Crippen molar-refractivity contribution in [2.24, 2.45) is 5.92 Å². The van der Waals surface area contributed by atoms with Gasteiger partial charge in [0, 0.05) is 44.8 Å². The summed E-state index contributed by atoms with van der Waals surface area (Å²) in [7, 11) is 1.85. The summed E-state index contributed by atoms with van der Waals surface area (Å²) in [6, 6.07) is 1.15. The lowest BCUT2D eigenvalue weighted by Gasteiger charge is -2.35. The largest absolute Gasteiger partial charge is 0.417 e. The SMILES string of the molecule is CN(C(=O)C1CCN(c2ncc(C(F)(F)F)cc2Cl)CC1)C1CCNC1. The van der Waals surface area contributed by atoms with Crippen molar-refractivity contribution in [2.75, 3.05) is 38.1 Å². The van der Waals surface area contributed by atoms with Gasteiger partial charge in [-0.2, -0.15) is 13.2 Å². The van der Waals surface area contributed by atoms with Gasteiger partial charge >= 0.3 is 6.18 Å². The number of halogens is 4. The van der Waals surface area contributed by atoms with Crippen molar-refractivity contribution in [1.29, 1.82) is 0 Å². The number of nitrogens with zero attached hydrogens (tertiary/aromatic N) is 3. The molecule has 2 aliphatic heterocycles. The van der Waals surface area contributed by atoms with E-state index in [2.05, 4.69) is 10.3 Å². The molecule has 1 N–H and O–H groups in total. The summed E-state index contributed by atoms with van der Waals surface area (Å²) in [5.41, 5.74) is -0.858. The molecule has 0 spiro atoms. The van der Waals surface area contributed by atoms with Crippen molar-refractivity contribution in [3.05, 3.63) is 22.8 Å². The first kappa shape index (κ1) is 19.2. The maximum atomic E-state index is 12.7. The lowest BCUT2D eigenvalue weighted by atomic mass is 9.94. The molecule has 9 heteroatoms. The molecule has 5 nitrogen and oxygen atoms in total.